The van der Waals surface area contributed by atoms with Gasteiger partial charge in [0.05, 0.1) is 0 Å². The fourth-order valence-electron chi connectivity index (χ4n) is 2.82. The summed E-state index contributed by atoms with van der Waals surface area (Å²) in [5.74, 6) is 1.79. The second-order valence-corrected chi connectivity index (χ2v) is 5.51. The lowest BCUT2D eigenvalue weighted by atomic mass is 10.1. The fourth-order valence-corrected chi connectivity index (χ4v) is 2.82. The molecule has 1 aliphatic carbocycles. The molecule has 20 heavy (non-hydrogen) atoms. The number of carbonyl (C=O) groups excluding carboxylic acids is 1. The predicted octanol–water partition coefficient (Wildman–Crippen LogP) is 1.31. The maximum Gasteiger partial charge on any atom is 0.251 e. The molecule has 3 N–H and O–H groups in total. The maximum atomic E-state index is 12.1. The molecule has 2 unspecified atom stereocenters. The molecule has 1 aromatic rings. The molecule has 1 saturated carbocycles. The van der Waals surface area contributed by atoms with Gasteiger partial charge in [-0.25, -0.2) is 0 Å². The van der Waals surface area contributed by atoms with Crippen LogP contribution in [0.2, 0.25) is 0 Å². The number of nitrogens with two attached hydrogens (primary N) is 1. The van der Waals surface area contributed by atoms with Gasteiger partial charge in [-0.3, -0.25) is 4.79 Å². The third-order valence-electron chi connectivity index (χ3n) is 3.94. The van der Waals surface area contributed by atoms with Crippen LogP contribution < -0.4 is 20.5 Å². The molecule has 2 atom stereocenters. The molecule has 0 aromatic heterocycles. The van der Waals surface area contributed by atoms with Gasteiger partial charge in [0.2, 0.25) is 0 Å². The van der Waals surface area contributed by atoms with Crippen LogP contribution in [0.5, 0.6) is 11.5 Å². The van der Waals surface area contributed by atoms with Gasteiger partial charge in [0.15, 0.2) is 11.5 Å². The normalized spacial score (nSPS) is 24.4. The first-order valence-electron chi connectivity index (χ1n) is 7.16. The number of fused-ring (bicyclic) bond motifs is 1. The number of nitrogens with one attached hydrogen (secondary N) is 1. The minimum atomic E-state index is -0.0672. The molecule has 0 saturated heterocycles. The topological polar surface area (TPSA) is 73.6 Å². The molecule has 0 radical (unpaired) electrons. The monoisotopic (exact) mass is 276 g/mol. The molecule has 3 rings (SSSR count). The Kier molecular flexibility index (Phi) is 3.78. The standard InChI is InChI=1S/C15H20N2O3/c16-12-3-1-10(7-12)9-17-15(18)11-2-4-13-14(8-11)20-6-5-19-13/h2,4,8,10,12H,1,3,5-7,9,16H2,(H,17,18). The lowest BCUT2D eigenvalue weighted by Gasteiger charge is -2.19. The molecule has 5 heteroatoms. The van der Waals surface area contributed by atoms with Crippen molar-refractivity contribution in [2.75, 3.05) is 19.8 Å². The Morgan fingerprint density at radius 1 is 1.25 bits per heavy atom. The molecular weight excluding hydrogens is 256 g/mol. The van der Waals surface area contributed by atoms with E-state index in [0.717, 1.165) is 19.3 Å². The SMILES string of the molecule is NC1CCC(CNC(=O)c2ccc3c(c2)OCCO3)C1. The van der Waals surface area contributed by atoms with Crippen molar-refractivity contribution >= 4 is 5.91 Å². The first-order valence-corrected chi connectivity index (χ1v) is 7.16. The van der Waals surface area contributed by atoms with Gasteiger partial charge in [0.25, 0.3) is 5.91 Å². The molecular formula is C15H20N2O3. The third kappa shape index (κ3) is 2.88. The number of benzene rings is 1. The summed E-state index contributed by atoms with van der Waals surface area (Å²) < 4.78 is 10.9. The van der Waals surface area contributed by atoms with E-state index in [-0.39, 0.29) is 5.91 Å². The lowest BCUT2D eigenvalue weighted by molar-refractivity contribution is 0.0946. The third-order valence-corrected chi connectivity index (χ3v) is 3.94. The summed E-state index contributed by atoms with van der Waals surface area (Å²) in [5.41, 5.74) is 6.48. The first-order chi connectivity index (χ1) is 9.72. The predicted molar refractivity (Wildman–Crippen MR) is 75.1 cm³/mol. The van der Waals surface area contributed by atoms with Gasteiger partial charge in [-0.2, -0.15) is 0 Å². The van der Waals surface area contributed by atoms with Gasteiger partial charge in [-0.05, 0) is 43.4 Å². The van der Waals surface area contributed by atoms with Crippen LogP contribution in [-0.4, -0.2) is 31.7 Å². The van der Waals surface area contributed by atoms with Crippen molar-refractivity contribution in [3.63, 3.8) is 0 Å². The average molecular weight is 276 g/mol. The highest BCUT2D eigenvalue weighted by atomic mass is 16.6. The van der Waals surface area contributed by atoms with E-state index in [1.807, 2.05) is 0 Å². The van der Waals surface area contributed by atoms with Gasteiger partial charge in [-0.15, -0.1) is 0 Å². The number of amides is 1. The molecule has 1 heterocycles. The van der Waals surface area contributed by atoms with Crippen LogP contribution in [0.15, 0.2) is 18.2 Å². The zero-order chi connectivity index (χ0) is 13.9. The molecule has 5 nitrogen and oxygen atoms in total. The fraction of sp³-hybridized carbons (Fsp3) is 0.533. The summed E-state index contributed by atoms with van der Waals surface area (Å²) >= 11 is 0. The van der Waals surface area contributed by atoms with Crippen LogP contribution in [0.25, 0.3) is 0 Å². The Hall–Kier alpha value is -1.75. The lowest BCUT2D eigenvalue weighted by Crippen LogP contribution is -2.29. The van der Waals surface area contributed by atoms with Crippen molar-refractivity contribution in [3.8, 4) is 11.5 Å². The molecule has 1 aliphatic heterocycles. The molecule has 108 valence electrons. The summed E-state index contributed by atoms with van der Waals surface area (Å²) in [7, 11) is 0. The largest absolute Gasteiger partial charge is 0.486 e. The van der Waals surface area contributed by atoms with Crippen molar-refractivity contribution in [3.05, 3.63) is 23.8 Å². The van der Waals surface area contributed by atoms with Crippen LogP contribution >= 0.6 is 0 Å². The minimum Gasteiger partial charge on any atom is -0.486 e. The van der Waals surface area contributed by atoms with E-state index >= 15 is 0 Å². The van der Waals surface area contributed by atoms with Crippen LogP contribution in [0, 0.1) is 5.92 Å². The van der Waals surface area contributed by atoms with Crippen molar-refractivity contribution < 1.29 is 14.3 Å². The number of carbonyl (C=O) groups is 1. The smallest absolute Gasteiger partial charge is 0.251 e. The average Bonchev–Trinajstić information content (AvgIpc) is 2.90. The highest BCUT2D eigenvalue weighted by Crippen LogP contribution is 2.30. The van der Waals surface area contributed by atoms with Crippen molar-refractivity contribution in [1.29, 1.82) is 0 Å². The first kappa shape index (κ1) is 13.2. The van der Waals surface area contributed by atoms with Crippen molar-refractivity contribution in [2.45, 2.75) is 25.3 Å². The van der Waals surface area contributed by atoms with Crippen LogP contribution in [-0.2, 0) is 0 Å². The van der Waals surface area contributed by atoms with E-state index in [0.29, 0.717) is 48.8 Å². The second-order valence-electron chi connectivity index (χ2n) is 5.51. The Morgan fingerprint density at radius 3 is 2.80 bits per heavy atom. The highest BCUT2D eigenvalue weighted by Gasteiger charge is 2.22. The van der Waals surface area contributed by atoms with Crippen molar-refractivity contribution in [1.82, 2.24) is 5.32 Å². The number of hydrogen-bond acceptors (Lipinski definition) is 4. The molecule has 0 spiro atoms. The van der Waals surface area contributed by atoms with Gasteiger partial charge in [-0.1, -0.05) is 0 Å². The van der Waals surface area contributed by atoms with Gasteiger partial charge in [0, 0.05) is 18.2 Å². The zero-order valence-corrected chi connectivity index (χ0v) is 11.4. The number of ether oxygens (including phenoxy) is 2. The Labute approximate surface area is 118 Å². The van der Waals surface area contributed by atoms with E-state index in [2.05, 4.69) is 5.32 Å². The van der Waals surface area contributed by atoms with E-state index in [1.165, 1.54) is 0 Å². The number of rotatable bonds is 3. The summed E-state index contributed by atoms with van der Waals surface area (Å²) in [4.78, 5) is 12.1. The summed E-state index contributed by atoms with van der Waals surface area (Å²) in [6.45, 7) is 1.78. The Morgan fingerprint density at radius 2 is 2.05 bits per heavy atom. The summed E-state index contributed by atoms with van der Waals surface area (Å²) in [6.07, 6.45) is 3.16. The Bertz CT molecular complexity index is 504. The van der Waals surface area contributed by atoms with Crippen LogP contribution in [0.1, 0.15) is 29.6 Å². The van der Waals surface area contributed by atoms with E-state index in [9.17, 15) is 4.79 Å². The quantitative estimate of drug-likeness (QED) is 0.873. The second kappa shape index (κ2) is 5.71. The summed E-state index contributed by atoms with van der Waals surface area (Å²) in [5, 5.41) is 2.98. The zero-order valence-electron chi connectivity index (χ0n) is 11.4. The van der Waals surface area contributed by atoms with E-state index < -0.39 is 0 Å². The Balaban J connectivity index is 1.59. The van der Waals surface area contributed by atoms with Crippen molar-refractivity contribution in [2.24, 2.45) is 11.7 Å². The molecule has 0 bridgehead atoms. The van der Waals surface area contributed by atoms with E-state index in [1.54, 1.807) is 18.2 Å². The van der Waals surface area contributed by atoms with Crippen LogP contribution in [0.4, 0.5) is 0 Å². The van der Waals surface area contributed by atoms with Gasteiger partial charge >= 0.3 is 0 Å². The maximum absolute atomic E-state index is 12.1. The molecule has 1 amide bonds. The molecule has 1 fully saturated rings. The molecule has 1 aromatic carbocycles. The highest BCUT2D eigenvalue weighted by molar-refractivity contribution is 5.94. The summed E-state index contributed by atoms with van der Waals surface area (Å²) in [6, 6.07) is 5.59. The molecule has 2 aliphatic rings. The minimum absolute atomic E-state index is 0.0672. The van der Waals surface area contributed by atoms with Gasteiger partial charge < -0.3 is 20.5 Å². The van der Waals surface area contributed by atoms with Gasteiger partial charge in [0.1, 0.15) is 13.2 Å². The number of hydrogen-bond donors (Lipinski definition) is 2. The van der Waals surface area contributed by atoms with E-state index in [4.69, 9.17) is 15.2 Å². The van der Waals surface area contributed by atoms with Crippen LogP contribution in [0.3, 0.4) is 0 Å².